The molecule has 0 aliphatic heterocycles. The van der Waals surface area contributed by atoms with Crippen molar-refractivity contribution in [1.82, 2.24) is 4.98 Å². The van der Waals surface area contributed by atoms with E-state index in [9.17, 15) is 8.42 Å². The summed E-state index contributed by atoms with van der Waals surface area (Å²) in [4.78, 5) is 4.95. The van der Waals surface area contributed by atoms with Crippen LogP contribution in [-0.2, 0) is 10.0 Å². The van der Waals surface area contributed by atoms with E-state index in [1.165, 1.54) is 17.4 Å². The Morgan fingerprint density at radius 3 is 2.61 bits per heavy atom. The van der Waals surface area contributed by atoms with Gasteiger partial charge < -0.3 is 0 Å². The van der Waals surface area contributed by atoms with Gasteiger partial charge in [-0.15, -0.1) is 11.3 Å². The van der Waals surface area contributed by atoms with E-state index in [0.717, 1.165) is 10.4 Å². The first-order valence-corrected chi connectivity index (χ1v) is 7.77. The van der Waals surface area contributed by atoms with Gasteiger partial charge in [-0.2, -0.15) is 0 Å². The number of hydrogen-bond donors (Lipinski definition) is 1. The molecule has 2 aromatic rings. The zero-order valence-electron chi connectivity index (χ0n) is 9.77. The molecule has 1 aromatic heterocycles. The van der Waals surface area contributed by atoms with Gasteiger partial charge >= 0.3 is 0 Å². The van der Waals surface area contributed by atoms with Gasteiger partial charge in [0.25, 0.3) is 10.0 Å². The molecule has 1 aromatic carbocycles. The van der Waals surface area contributed by atoms with Crippen molar-refractivity contribution in [1.29, 1.82) is 0 Å². The Morgan fingerprint density at radius 2 is 2.06 bits per heavy atom. The van der Waals surface area contributed by atoms with Crippen LogP contribution in [0.2, 0.25) is 5.02 Å². The van der Waals surface area contributed by atoms with E-state index in [2.05, 4.69) is 9.71 Å². The zero-order valence-corrected chi connectivity index (χ0v) is 12.2. The lowest BCUT2D eigenvalue weighted by Crippen LogP contribution is -2.13. The van der Waals surface area contributed by atoms with Crippen molar-refractivity contribution in [3.8, 4) is 0 Å². The van der Waals surface area contributed by atoms with Gasteiger partial charge in [0, 0.05) is 11.1 Å². The lowest BCUT2D eigenvalue weighted by atomic mass is 10.2. The molecule has 0 fully saturated rings. The Labute approximate surface area is 115 Å². The van der Waals surface area contributed by atoms with E-state index < -0.39 is 10.0 Å². The fourth-order valence-electron chi connectivity index (χ4n) is 1.40. The molecule has 4 nitrogen and oxygen atoms in total. The van der Waals surface area contributed by atoms with Crippen LogP contribution in [0.1, 0.15) is 10.4 Å². The summed E-state index contributed by atoms with van der Waals surface area (Å²) in [5.41, 5.74) is 0.907. The lowest BCUT2D eigenvalue weighted by Gasteiger charge is -2.07. The predicted molar refractivity (Wildman–Crippen MR) is 73.8 cm³/mol. The third-order valence-electron chi connectivity index (χ3n) is 2.22. The second-order valence-electron chi connectivity index (χ2n) is 3.82. The molecule has 0 saturated heterocycles. The molecule has 0 radical (unpaired) electrons. The number of sulfonamides is 1. The van der Waals surface area contributed by atoms with Gasteiger partial charge in [-0.25, -0.2) is 13.4 Å². The van der Waals surface area contributed by atoms with Gasteiger partial charge in [0.05, 0.1) is 5.02 Å². The zero-order chi connectivity index (χ0) is 13.3. The van der Waals surface area contributed by atoms with Gasteiger partial charge in [0.1, 0.15) is 4.90 Å². The molecule has 0 saturated carbocycles. The maximum Gasteiger partial charge on any atom is 0.265 e. The third-order valence-corrected chi connectivity index (χ3v) is 5.00. The summed E-state index contributed by atoms with van der Waals surface area (Å²) in [5, 5.41) is 0.542. The summed E-state index contributed by atoms with van der Waals surface area (Å²) in [6.07, 6.45) is 1.61. The van der Waals surface area contributed by atoms with E-state index in [1.807, 2.05) is 13.8 Å². The number of aromatic nitrogens is 1. The quantitative estimate of drug-likeness (QED) is 0.947. The van der Waals surface area contributed by atoms with Crippen LogP contribution in [0.15, 0.2) is 29.3 Å². The van der Waals surface area contributed by atoms with Gasteiger partial charge in [0.15, 0.2) is 5.13 Å². The number of aryl methyl sites for hydroxylation is 2. The average molecular weight is 303 g/mol. The number of hydrogen-bond acceptors (Lipinski definition) is 4. The molecule has 0 bridgehead atoms. The first kappa shape index (κ1) is 13.3. The van der Waals surface area contributed by atoms with Crippen molar-refractivity contribution in [2.24, 2.45) is 0 Å². The van der Waals surface area contributed by atoms with E-state index in [1.54, 1.807) is 18.3 Å². The van der Waals surface area contributed by atoms with Gasteiger partial charge in [-0.3, -0.25) is 4.72 Å². The summed E-state index contributed by atoms with van der Waals surface area (Å²) in [7, 11) is -3.68. The van der Waals surface area contributed by atoms with Crippen LogP contribution < -0.4 is 4.72 Å². The molecule has 0 amide bonds. The summed E-state index contributed by atoms with van der Waals surface area (Å²) in [5.74, 6) is 0. The van der Waals surface area contributed by atoms with E-state index in [0.29, 0.717) is 5.13 Å². The maximum absolute atomic E-state index is 12.1. The molecule has 1 heterocycles. The topological polar surface area (TPSA) is 59.1 Å². The lowest BCUT2D eigenvalue weighted by molar-refractivity contribution is 0.601. The van der Waals surface area contributed by atoms with Crippen molar-refractivity contribution in [2.45, 2.75) is 18.7 Å². The molecule has 0 unspecified atom stereocenters. The number of halogens is 1. The number of nitrogens with zero attached hydrogens (tertiary/aromatic N) is 1. The Balaban J connectivity index is 2.36. The molecular weight excluding hydrogens is 292 g/mol. The number of thiazole rings is 1. The Kier molecular flexibility index (Phi) is 3.61. The van der Waals surface area contributed by atoms with E-state index in [-0.39, 0.29) is 9.92 Å². The second-order valence-corrected chi connectivity index (χ2v) is 7.11. The predicted octanol–water partition coefficient (Wildman–Crippen LogP) is 3.21. The van der Waals surface area contributed by atoms with Crippen molar-refractivity contribution >= 4 is 38.1 Å². The SMILES string of the molecule is Cc1ccc(S(=O)(=O)Nc2ncc(C)s2)c(Cl)c1. The number of anilines is 1. The second kappa shape index (κ2) is 4.87. The summed E-state index contributed by atoms with van der Waals surface area (Å²) >= 11 is 7.22. The molecule has 0 aliphatic carbocycles. The van der Waals surface area contributed by atoms with Crippen LogP contribution in [-0.4, -0.2) is 13.4 Å². The maximum atomic E-state index is 12.1. The van der Waals surface area contributed by atoms with Crippen LogP contribution in [0, 0.1) is 13.8 Å². The Morgan fingerprint density at radius 1 is 1.33 bits per heavy atom. The van der Waals surface area contributed by atoms with Gasteiger partial charge in [-0.1, -0.05) is 17.7 Å². The molecule has 0 atom stereocenters. The summed E-state index contributed by atoms with van der Waals surface area (Å²) < 4.78 is 26.6. The summed E-state index contributed by atoms with van der Waals surface area (Å²) in [6, 6.07) is 4.80. The fourth-order valence-corrected chi connectivity index (χ4v) is 3.90. The van der Waals surface area contributed by atoms with Crippen molar-refractivity contribution in [3.05, 3.63) is 39.9 Å². The monoisotopic (exact) mass is 302 g/mol. The standard InChI is InChI=1S/C11H11ClN2O2S2/c1-7-3-4-10(9(12)5-7)18(15,16)14-11-13-6-8(2)17-11/h3-6H,1-2H3,(H,13,14). The van der Waals surface area contributed by atoms with Crippen molar-refractivity contribution in [3.63, 3.8) is 0 Å². The van der Waals surface area contributed by atoms with Crippen LogP contribution in [0.4, 0.5) is 5.13 Å². The third kappa shape index (κ3) is 2.82. The Bertz CT molecular complexity index is 680. The largest absolute Gasteiger partial charge is 0.265 e. The van der Waals surface area contributed by atoms with Crippen LogP contribution in [0.3, 0.4) is 0 Å². The minimum atomic E-state index is -3.68. The molecule has 1 N–H and O–H groups in total. The summed E-state index contributed by atoms with van der Waals surface area (Å²) in [6.45, 7) is 3.70. The smallest absolute Gasteiger partial charge is 0.255 e. The highest BCUT2D eigenvalue weighted by atomic mass is 35.5. The minimum absolute atomic E-state index is 0.0580. The normalized spacial score (nSPS) is 11.5. The molecule has 18 heavy (non-hydrogen) atoms. The minimum Gasteiger partial charge on any atom is -0.255 e. The number of benzene rings is 1. The average Bonchev–Trinajstić information content (AvgIpc) is 2.62. The molecular formula is C11H11ClN2O2S2. The van der Waals surface area contributed by atoms with Gasteiger partial charge in [-0.05, 0) is 31.5 Å². The molecule has 7 heteroatoms. The Hall–Kier alpha value is -1.11. The van der Waals surface area contributed by atoms with Crippen molar-refractivity contribution in [2.75, 3.05) is 4.72 Å². The number of nitrogens with one attached hydrogen (secondary N) is 1. The molecule has 2 rings (SSSR count). The molecule has 0 spiro atoms. The highest BCUT2D eigenvalue weighted by Crippen LogP contribution is 2.26. The van der Waals surface area contributed by atoms with Crippen LogP contribution >= 0.6 is 22.9 Å². The van der Waals surface area contributed by atoms with Crippen LogP contribution in [0.5, 0.6) is 0 Å². The fraction of sp³-hybridized carbons (Fsp3) is 0.182. The highest BCUT2D eigenvalue weighted by Gasteiger charge is 2.19. The number of rotatable bonds is 3. The highest BCUT2D eigenvalue weighted by molar-refractivity contribution is 7.93. The first-order valence-electron chi connectivity index (χ1n) is 5.10. The van der Waals surface area contributed by atoms with Crippen molar-refractivity contribution < 1.29 is 8.42 Å². The van der Waals surface area contributed by atoms with Crippen LogP contribution in [0.25, 0.3) is 0 Å². The molecule has 0 aliphatic rings. The van der Waals surface area contributed by atoms with E-state index in [4.69, 9.17) is 11.6 Å². The molecule has 96 valence electrons. The van der Waals surface area contributed by atoms with E-state index >= 15 is 0 Å². The first-order chi connectivity index (χ1) is 8.38. The van der Waals surface area contributed by atoms with Gasteiger partial charge in [0.2, 0.25) is 0 Å².